The van der Waals surface area contributed by atoms with Crippen LogP contribution in [-0.2, 0) is 4.79 Å². The summed E-state index contributed by atoms with van der Waals surface area (Å²) in [6, 6.07) is 0. The SMILES string of the molecule is Cc1nnc(NC(=O)c2sc(NC(=O)C3CCCCC3)nc2C)s1. The third-order valence-electron chi connectivity index (χ3n) is 3.96. The summed E-state index contributed by atoms with van der Waals surface area (Å²) in [5.74, 6) is -0.209. The fourth-order valence-electron chi connectivity index (χ4n) is 2.73. The Morgan fingerprint density at radius 2 is 1.75 bits per heavy atom. The van der Waals surface area contributed by atoms with E-state index in [0.29, 0.717) is 20.8 Å². The van der Waals surface area contributed by atoms with Gasteiger partial charge in [0.2, 0.25) is 11.0 Å². The molecular weight excluding hydrogens is 346 g/mol. The van der Waals surface area contributed by atoms with E-state index in [1.807, 2.05) is 6.92 Å². The van der Waals surface area contributed by atoms with Crippen LogP contribution >= 0.6 is 22.7 Å². The van der Waals surface area contributed by atoms with Gasteiger partial charge in [-0.1, -0.05) is 41.9 Å². The molecule has 2 aromatic rings. The van der Waals surface area contributed by atoms with Crippen molar-refractivity contribution in [3.05, 3.63) is 15.6 Å². The fraction of sp³-hybridized carbons (Fsp3) is 0.533. The van der Waals surface area contributed by atoms with Gasteiger partial charge in [-0.05, 0) is 26.7 Å². The molecule has 1 fully saturated rings. The highest BCUT2D eigenvalue weighted by molar-refractivity contribution is 7.18. The highest BCUT2D eigenvalue weighted by atomic mass is 32.1. The largest absolute Gasteiger partial charge is 0.302 e. The molecule has 2 N–H and O–H groups in total. The maximum Gasteiger partial charge on any atom is 0.269 e. The van der Waals surface area contributed by atoms with Crippen molar-refractivity contribution in [3.63, 3.8) is 0 Å². The van der Waals surface area contributed by atoms with E-state index in [-0.39, 0.29) is 17.7 Å². The molecule has 128 valence electrons. The first-order valence-electron chi connectivity index (χ1n) is 7.92. The molecule has 9 heteroatoms. The Labute approximate surface area is 147 Å². The van der Waals surface area contributed by atoms with Crippen molar-refractivity contribution in [3.8, 4) is 0 Å². The van der Waals surface area contributed by atoms with Gasteiger partial charge in [-0.3, -0.25) is 14.9 Å². The topological polar surface area (TPSA) is 96.9 Å². The molecule has 1 aliphatic rings. The van der Waals surface area contributed by atoms with Crippen LogP contribution in [0.4, 0.5) is 10.3 Å². The second-order valence-corrected chi connectivity index (χ2v) is 8.02. The first-order chi connectivity index (χ1) is 11.5. The van der Waals surface area contributed by atoms with Gasteiger partial charge >= 0.3 is 0 Å². The molecule has 0 atom stereocenters. The molecule has 7 nitrogen and oxygen atoms in total. The lowest BCUT2D eigenvalue weighted by atomic mass is 9.89. The molecule has 3 rings (SSSR count). The monoisotopic (exact) mass is 365 g/mol. The van der Waals surface area contributed by atoms with Crippen LogP contribution in [0.3, 0.4) is 0 Å². The summed E-state index contributed by atoms with van der Waals surface area (Å²) in [5.41, 5.74) is 0.595. The average molecular weight is 365 g/mol. The quantitative estimate of drug-likeness (QED) is 0.866. The number of nitrogens with one attached hydrogen (secondary N) is 2. The summed E-state index contributed by atoms with van der Waals surface area (Å²) in [6.45, 7) is 3.58. The number of aryl methyl sites for hydroxylation is 2. The maximum atomic E-state index is 12.3. The van der Waals surface area contributed by atoms with Crippen molar-refractivity contribution >= 4 is 44.8 Å². The van der Waals surface area contributed by atoms with Crippen LogP contribution in [0, 0.1) is 19.8 Å². The maximum absolute atomic E-state index is 12.3. The van der Waals surface area contributed by atoms with Crippen molar-refractivity contribution in [2.75, 3.05) is 10.6 Å². The molecule has 1 aliphatic carbocycles. The van der Waals surface area contributed by atoms with Gasteiger partial charge in [-0.15, -0.1) is 10.2 Å². The molecule has 0 unspecified atom stereocenters. The predicted molar refractivity (Wildman–Crippen MR) is 94.7 cm³/mol. The number of hydrogen-bond donors (Lipinski definition) is 2. The van der Waals surface area contributed by atoms with Gasteiger partial charge in [0, 0.05) is 5.92 Å². The number of aromatic nitrogens is 3. The van der Waals surface area contributed by atoms with Crippen LogP contribution in [0.2, 0.25) is 0 Å². The van der Waals surface area contributed by atoms with Crippen LogP contribution in [-0.4, -0.2) is 27.0 Å². The standard InChI is InChI=1S/C15H19N5O2S2/c1-8-11(13(22)18-15-20-19-9(2)23-15)24-14(16-8)17-12(21)10-6-4-3-5-7-10/h10H,3-7H2,1-2H3,(H,16,17,21)(H,18,20,22). The Morgan fingerprint density at radius 3 is 2.42 bits per heavy atom. The van der Waals surface area contributed by atoms with Gasteiger partial charge in [0.1, 0.15) is 9.88 Å². The summed E-state index contributed by atoms with van der Waals surface area (Å²) in [6.07, 6.45) is 5.27. The van der Waals surface area contributed by atoms with Crippen molar-refractivity contribution in [2.24, 2.45) is 5.92 Å². The Kier molecular flexibility index (Phi) is 5.20. The van der Waals surface area contributed by atoms with Gasteiger partial charge in [-0.2, -0.15) is 0 Å². The van der Waals surface area contributed by atoms with E-state index >= 15 is 0 Å². The van der Waals surface area contributed by atoms with E-state index in [9.17, 15) is 9.59 Å². The minimum atomic E-state index is -0.278. The highest BCUT2D eigenvalue weighted by Gasteiger charge is 2.23. The first-order valence-corrected chi connectivity index (χ1v) is 9.56. The molecule has 0 saturated heterocycles. The van der Waals surface area contributed by atoms with Crippen LogP contribution in [0.5, 0.6) is 0 Å². The van der Waals surface area contributed by atoms with E-state index in [2.05, 4.69) is 25.8 Å². The number of carbonyl (C=O) groups excluding carboxylic acids is 2. The Morgan fingerprint density at radius 1 is 1.00 bits per heavy atom. The number of thiazole rings is 1. The molecule has 0 aliphatic heterocycles. The molecule has 24 heavy (non-hydrogen) atoms. The zero-order valence-corrected chi connectivity index (χ0v) is 15.2. The summed E-state index contributed by atoms with van der Waals surface area (Å²) >= 11 is 2.50. The van der Waals surface area contributed by atoms with Gasteiger partial charge in [0.05, 0.1) is 5.69 Å². The molecule has 1 saturated carbocycles. The van der Waals surface area contributed by atoms with Gasteiger partial charge in [0.15, 0.2) is 5.13 Å². The molecule has 2 aromatic heterocycles. The molecule has 2 heterocycles. The third kappa shape index (κ3) is 3.96. The van der Waals surface area contributed by atoms with Crippen LogP contribution < -0.4 is 10.6 Å². The highest BCUT2D eigenvalue weighted by Crippen LogP contribution is 2.28. The zero-order chi connectivity index (χ0) is 17.1. The average Bonchev–Trinajstić information content (AvgIpc) is 3.13. The van der Waals surface area contributed by atoms with Crippen LogP contribution in [0.1, 0.15) is 52.5 Å². The van der Waals surface area contributed by atoms with Crippen molar-refractivity contribution < 1.29 is 9.59 Å². The second-order valence-electron chi connectivity index (χ2n) is 5.84. The van der Waals surface area contributed by atoms with Gasteiger partial charge < -0.3 is 5.32 Å². The van der Waals surface area contributed by atoms with Crippen molar-refractivity contribution in [1.29, 1.82) is 0 Å². The number of amides is 2. The summed E-state index contributed by atoms with van der Waals surface area (Å²) in [4.78, 5) is 29.4. The molecular formula is C15H19N5O2S2. The predicted octanol–water partition coefficient (Wildman–Crippen LogP) is 3.38. The van der Waals surface area contributed by atoms with E-state index in [4.69, 9.17) is 0 Å². The van der Waals surface area contributed by atoms with E-state index in [1.165, 1.54) is 29.1 Å². The normalized spacial score (nSPS) is 15.2. The van der Waals surface area contributed by atoms with Crippen molar-refractivity contribution in [2.45, 2.75) is 46.0 Å². The first kappa shape index (κ1) is 17.0. The number of nitrogens with zero attached hydrogens (tertiary/aromatic N) is 3. The number of hydrogen-bond acceptors (Lipinski definition) is 7. The molecule has 2 amide bonds. The fourth-order valence-corrected chi connectivity index (χ4v) is 4.19. The van der Waals surface area contributed by atoms with E-state index in [0.717, 1.165) is 30.7 Å². The molecule has 0 bridgehead atoms. The van der Waals surface area contributed by atoms with Crippen LogP contribution in [0.25, 0.3) is 0 Å². The van der Waals surface area contributed by atoms with Gasteiger partial charge in [0.25, 0.3) is 5.91 Å². The summed E-state index contributed by atoms with van der Waals surface area (Å²) in [5, 5.41) is 15.0. The van der Waals surface area contributed by atoms with Crippen molar-refractivity contribution in [1.82, 2.24) is 15.2 Å². The Bertz CT molecular complexity index is 749. The molecule has 0 spiro atoms. The minimum Gasteiger partial charge on any atom is -0.302 e. The lowest BCUT2D eigenvalue weighted by molar-refractivity contribution is -0.120. The molecule has 0 radical (unpaired) electrons. The van der Waals surface area contributed by atoms with Crippen LogP contribution in [0.15, 0.2) is 0 Å². The number of carbonyl (C=O) groups is 2. The minimum absolute atomic E-state index is 0.00940. The lowest BCUT2D eigenvalue weighted by Gasteiger charge is -2.19. The second kappa shape index (κ2) is 7.35. The smallest absolute Gasteiger partial charge is 0.269 e. The lowest BCUT2D eigenvalue weighted by Crippen LogP contribution is -2.24. The Balaban J connectivity index is 1.65. The third-order valence-corrected chi connectivity index (χ3v) is 5.78. The zero-order valence-electron chi connectivity index (χ0n) is 13.6. The molecule has 0 aromatic carbocycles. The van der Waals surface area contributed by atoms with E-state index in [1.54, 1.807) is 6.92 Å². The Hall–Kier alpha value is -1.87. The number of anilines is 2. The summed E-state index contributed by atoms with van der Waals surface area (Å²) < 4.78 is 0. The van der Waals surface area contributed by atoms with Gasteiger partial charge in [-0.25, -0.2) is 4.98 Å². The van der Waals surface area contributed by atoms with E-state index < -0.39 is 0 Å². The summed E-state index contributed by atoms with van der Waals surface area (Å²) in [7, 11) is 0. The number of rotatable bonds is 4.